The minimum Gasteiger partial charge on any atom is -0.376 e. The summed E-state index contributed by atoms with van der Waals surface area (Å²) in [6.45, 7) is 6.86. The predicted molar refractivity (Wildman–Crippen MR) is 128 cm³/mol. The molecule has 7 heteroatoms. The Balaban J connectivity index is 1.54. The Morgan fingerprint density at radius 3 is 2.64 bits per heavy atom. The summed E-state index contributed by atoms with van der Waals surface area (Å²) >= 11 is 0. The molecule has 1 fully saturated rings. The number of carbonyl (C=O) groups excluding carboxylic acids is 2. The van der Waals surface area contributed by atoms with Gasteiger partial charge in [-0.15, -0.1) is 0 Å². The molecule has 2 amide bonds. The zero-order valence-corrected chi connectivity index (χ0v) is 19.4. The summed E-state index contributed by atoms with van der Waals surface area (Å²) in [6, 6.07) is 17.2. The number of nitrogens with one attached hydrogen (secondary N) is 1. The van der Waals surface area contributed by atoms with Gasteiger partial charge in [0.05, 0.1) is 11.8 Å². The molecule has 1 aromatic heterocycles. The number of ether oxygens (including phenoxy) is 1. The SMILES string of the molecule is Cc1cccc(NC(=O)CN(CC2CCCO2)C(=O)c2cc(C)n(-c3ccccc3)n2)c1C. The number of hydrogen-bond acceptors (Lipinski definition) is 4. The van der Waals surface area contributed by atoms with Gasteiger partial charge in [0.1, 0.15) is 6.54 Å². The van der Waals surface area contributed by atoms with Crippen molar-refractivity contribution in [3.05, 3.63) is 77.1 Å². The van der Waals surface area contributed by atoms with Crippen LogP contribution in [0.4, 0.5) is 5.69 Å². The second-order valence-corrected chi connectivity index (χ2v) is 8.53. The molecule has 3 aromatic rings. The molecular weight excluding hydrogens is 416 g/mol. The molecule has 0 saturated carbocycles. The quantitative estimate of drug-likeness (QED) is 0.594. The zero-order valence-electron chi connectivity index (χ0n) is 19.4. The highest BCUT2D eigenvalue weighted by molar-refractivity contribution is 5.99. The highest BCUT2D eigenvalue weighted by Gasteiger charge is 2.27. The lowest BCUT2D eigenvalue weighted by Crippen LogP contribution is -2.42. The number of rotatable bonds is 7. The van der Waals surface area contributed by atoms with Gasteiger partial charge in [0.2, 0.25) is 5.91 Å². The molecule has 0 spiro atoms. The Kier molecular flexibility index (Phi) is 6.89. The van der Waals surface area contributed by atoms with Crippen LogP contribution in [0.2, 0.25) is 0 Å². The minimum absolute atomic E-state index is 0.0662. The first-order valence-corrected chi connectivity index (χ1v) is 11.3. The van der Waals surface area contributed by atoms with Crippen LogP contribution in [0.5, 0.6) is 0 Å². The lowest BCUT2D eigenvalue weighted by molar-refractivity contribution is -0.117. The zero-order chi connectivity index (χ0) is 23.4. The fourth-order valence-electron chi connectivity index (χ4n) is 4.07. The molecule has 1 aliphatic rings. The lowest BCUT2D eigenvalue weighted by atomic mass is 10.1. The summed E-state index contributed by atoms with van der Waals surface area (Å²) in [5, 5.41) is 7.50. The molecule has 2 heterocycles. The van der Waals surface area contributed by atoms with E-state index in [4.69, 9.17) is 4.74 Å². The van der Waals surface area contributed by atoms with E-state index in [2.05, 4.69) is 10.4 Å². The number of hydrogen-bond donors (Lipinski definition) is 1. The Morgan fingerprint density at radius 2 is 1.91 bits per heavy atom. The van der Waals surface area contributed by atoms with Gasteiger partial charge in [0.25, 0.3) is 5.91 Å². The number of nitrogens with zero attached hydrogens (tertiary/aromatic N) is 3. The summed E-state index contributed by atoms with van der Waals surface area (Å²) in [5.41, 5.74) is 4.92. The number of aryl methyl sites for hydroxylation is 2. The number of carbonyl (C=O) groups is 2. The number of benzene rings is 2. The Morgan fingerprint density at radius 1 is 1.12 bits per heavy atom. The molecular formula is C26H30N4O3. The van der Waals surface area contributed by atoms with Crippen LogP contribution < -0.4 is 5.32 Å². The largest absolute Gasteiger partial charge is 0.376 e. The Bertz CT molecular complexity index is 1130. The highest BCUT2D eigenvalue weighted by atomic mass is 16.5. The maximum atomic E-state index is 13.5. The first kappa shape index (κ1) is 22.7. The van der Waals surface area contributed by atoms with Gasteiger partial charge in [-0.3, -0.25) is 9.59 Å². The Hall–Kier alpha value is -3.45. The fourth-order valence-corrected chi connectivity index (χ4v) is 4.07. The van der Waals surface area contributed by atoms with E-state index < -0.39 is 0 Å². The minimum atomic E-state index is -0.278. The molecule has 1 atom stereocenters. The van der Waals surface area contributed by atoms with Gasteiger partial charge in [0, 0.05) is 24.5 Å². The predicted octanol–water partition coefficient (Wildman–Crippen LogP) is 4.06. The molecule has 2 aromatic carbocycles. The van der Waals surface area contributed by atoms with Crippen molar-refractivity contribution in [2.75, 3.05) is 25.0 Å². The molecule has 0 radical (unpaired) electrons. The van der Waals surface area contributed by atoms with Crippen molar-refractivity contribution in [2.45, 2.75) is 39.7 Å². The molecule has 33 heavy (non-hydrogen) atoms. The number of anilines is 1. The second-order valence-electron chi connectivity index (χ2n) is 8.53. The van der Waals surface area contributed by atoms with Gasteiger partial charge < -0.3 is 15.0 Å². The molecule has 1 N–H and O–H groups in total. The van der Waals surface area contributed by atoms with Crippen LogP contribution in [-0.4, -0.2) is 52.3 Å². The Labute approximate surface area is 194 Å². The fraction of sp³-hybridized carbons (Fsp3) is 0.346. The number of aromatic nitrogens is 2. The summed E-state index contributed by atoms with van der Waals surface area (Å²) in [6.07, 6.45) is 1.77. The average molecular weight is 447 g/mol. The molecule has 4 rings (SSSR count). The van der Waals surface area contributed by atoms with E-state index in [1.165, 1.54) is 0 Å². The van der Waals surface area contributed by atoms with Crippen molar-refractivity contribution in [1.82, 2.24) is 14.7 Å². The molecule has 1 saturated heterocycles. The van der Waals surface area contributed by atoms with E-state index in [9.17, 15) is 9.59 Å². The molecule has 172 valence electrons. The van der Waals surface area contributed by atoms with E-state index in [1.54, 1.807) is 15.6 Å². The van der Waals surface area contributed by atoms with Gasteiger partial charge in [-0.1, -0.05) is 30.3 Å². The highest BCUT2D eigenvalue weighted by Crippen LogP contribution is 2.19. The van der Waals surface area contributed by atoms with Crippen molar-refractivity contribution in [3.63, 3.8) is 0 Å². The van der Waals surface area contributed by atoms with Crippen molar-refractivity contribution in [2.24, 2.45) is 0 Å². The van der Waals surface area contributed by atoms with E-state index in [-0.39, 0.29) is 24.5 Å². The molecule has 1 unspecified atom stereocenters. The van der Waals surface area contributed by atoms with Crippen molar-refractivity contribution >= 4 is 17.5 Å². The second kappa shape index (κ2) is 10.0. The van der Waals surface area contributed by atoms with Gasteiger partial charge in [-0.25, -0.2) is 4.68 Å². The van der Waals surface area contributed by atoms with E-state index in [0.717, 1.165) is 41.0 Å². The smallest absolute Gasteiger partial charge is 0.274 e. The standard InChI is InChI=1S/C26H30N4O3/c1-18-9-7-13-23(20(18)3)27-25(31)17-29(16-22-12-8-14-33-22)26(32)24-15-19(2)30(28-24)21-10-5-4-6-11-21/h4-7,9-11,13,15,22H,8,12,14,16-17H2,1-3H3,(H,27,31). The molecule has 1 aliphatic heterocycles. The van der Waals surface area contributed by atoms with Gasteiger partial charge in [-0.2, -0.15) is 5.10 Å². The summed E-state index contributed by atoms with van der Waals surface area (Å²) in [4.78, 5) is 27.9. The van der Waals surface area contributed by atoms with Crippen molar-refractivity contribution in [3.8, 4) is 5.69 Å². The van der Waals surface area contributed by atoms with Gasteiger partial charge in [0.15, 0.2) is 5.69 Å². The molecule has 7 nitrogen and oxygen atoms in total. The lowest BCUT2D eigenvalue weighted by Gasteiger charge is -2.24. The first-order valence-electron chi connectivity index (χ1n) is 11.3. The van der Waals surface area contributed by atoms with E-state index >= 15 is 0 Å². The van der Waals surface area contributed by atoms with E-state index in [0.29, 0.717) is 18.8 Å². The molecule has 0 bridgehead atoms. The first-order chi connectivity index (χ1) is 15.9. The summed E-state index contributed by atoms with van der Waals surface area (Å²) in [5.74, 6) is -0.520. The third-order valence-electron chi connectivity index (χ3n) is 6.06. The van der Waals surface area contributed by atoms with Crippen LogP contribution >= 0.6 is 0 Å². The summed E-state index contributed by atoms with van der Waals surface area (Å²) < 4.78 is 7.49. The maximum Gasteiger partial charge on any atom is 0.274 e. The topological polar surface area (TPSA) is 76.5 Å². The third kappa shape index (κ3) is 5.31. The van der Waals surface area contributed by atoms with Crippen LogP contribution in [0.15, 0.2) is 54.6 Å². The molecule has 0 aliphatic carbocycles. The number of para-hydroxylation sites is 1. The normalized spacial score (nSPS) is 15.4. The van der Waals surface area contributed by atoms with Crippen LogP contribution in [0.3, 0.4) is 0 Å². The van der Waals surface area contributed by atoms with Gasteiger partial charge in [-0.05, 0) is 69.0 Å². The number of amides is 2. The van der Waals surface area contributed by atoms with Gasteiger partial charge >= 0.3 is 0 Å². The summed E-state index contributed by atoms with van der Waals surface area (Å²) in [7, 11) is 0. The third-order valence-corrected chi connectivity index (χ3v) is 6.06. The maximum absolute atomic E-state index is 13.5. The van der Waals surface area contributed by atoms with Crippen LogP contribution in [0.25, 0.3) is 5.69 Å². The van der Waals surface area contributed by atoms with Crippen LogP contribution in [0.1, 0.15) is 40.2 Å². The van der Waals surface area contributed by atoms with Crippen molar-refractivity contribution < 1.29 is 14.3 Å². The van der Waals surface area contributed by atoms with Crippen molar-refractivity contribution in [1.29, 1.82) is 0 Å². The van der Waals surface area contributed by atoms with Crippen LogP contribution in [0, 0.1) is 20.8 Å². The average Bonchev–Trinajstić information content (AvgIpc) is 3.46. The van der Waals surface area contributed by atoms with E-state index in [1.807, 2.05) is 69.3 Å². The van der Waals surface area contributed by atoms with Crippen LogP contribution in [-0.2, 0) is 9.53 Å². The monoisotopic (exact) mass is 446 g/mol.